The smallest absolute Gasteiger partial charge is 0.110 e. The zero-order chi connectivity index (χ0) is 20.4. The molecule has 0 radical (unpaired) electrons. The van der Waals surface area contributed by atoms with Gasteiger partial charge in [0.05, 0.1) is 5.60 Å². The van der Waals surface area contributed by atoms with Crippen molar-refractivity contribution in [2.24, 2.45) is 0 Å². The zero-order valence-electron chi connectivity index (χ0n) is 17.6. The molecule has 4 rings (SSSR count). The van der Waals surface area contributed by atoms with Gasteiger partial charge in [-0.3, -0.25) is 0 Å². The van der Waals surface area contributed by atoms with Gasteiger partial charge in [-0.25, -0.2) is 0 Å². The Kier molecular flexibility index (Phi) is 5.25. The van der Waals surface area contributed by atoms with Crippen molar-refractivity contribution in [3.63, 3.8) is 0 Å². The highest BCUT2D eigenvalue weighted by molar-refractivity contribution is 5.86. The lowest BCUT2D eigenvalue weighted by Gasteiger charge is -2.22. The molecule has 1 atom stereocenters. The van der Waals surface area contributed by atoms with Crippen molar-refractivity contribution in [1.29, 1.82) is 0 Å². The third-order valence-electron chi connectivity index (χ3n) is 5.54. The van der Waals surface area contributed by atoms with Crippen molar-refractivity contribution in [2.45, 2.75) is 39.4 Å². The van der Waals surface area contributed by atoms with E-state index in [-0.39, 0.29) is 11.7 Å². The molecule has 1 unspecified atom stereocenters. The molecule has 1 aliphatic rings. The summed E-state index contributed by atoms with van der Waals surface area (Å²) in [5.41, 5.74) is 8.39. The Balaban J connectivity index is 2.10. The number of ether oxygens (including phenoxy) is 1. The predicted molar refractivity (Wildman–Crippen MR) is 122 cm³/mol. The van der Waals surface area contributed by atoms with Crippen LogP contribution in [-0.4, -0.2) is 5.60 Å². The molecule has 1 nitrogen and oxygen atoms in total. The molecule has 1 heteroatoms. The normalized spacial score (nSPS) is 18.0. The molecular formula is C28H28O. The van der Waals surface area contributed by atoms with Gasteiger partial charge in [0.2, 0.25) is 0 Å². The van der Waals surface area contributed by atoms with E-state index in [4.69, 9.17) is 4.74 Å². The van der Waals surface area contributed by atoms with E-state index in [1.165, 1.54) is 39.0 Å². The second kappa shape index (κ2) is 7.85. The van der Waals surface area contributed by atoms with Crippen LogP contribution in [0.4, 0.5) is 0 Å². The second-order valence-corrected chi connectivity index (χ2v) is 8.31. The highest BCUT2D eigenvalue weighted by Gasteiger charge is 2.44. The summed E-state index contributed by atoms with van der Waals surface area (Å²) in [6.45, 7) is 8.76. The third-order valence-corrected chi connectivity index (χ3v) is 5.54. The van der Waals surface area contributed by atoms with Crippen molar-refractivity contribution >= 4 is 5.57 Å². The minimum absolute atomic E-state index is 0.105. The lowest BCUT2D eigenvalue weighted by Crippen LogP contribution is -2.21. The molecule has 3 aromatic carbocycles. The Bertz CT molecular complexity index is 996. The van der Waals surface area contributed by atoms with E-state index in [1.54, 1.807) is 0 Å². The fourth-order valence-electron chi connectivity index (χ4n) is 4.55. The molecule has 1 saturated heterocycles. The first-order valence-corrected chi connectivity index (χ1v) is 10.2. The summed E-state index contributed by atoms with van der Waals surface area (Å²) in [7, 11) is 0. The van der Waals surface area contributed by atoms with Crippen LogP contribution in [0.1, 0.15) is 50.5 Å². The first-order chi connectivity index (χ1) is 14.0. The fourth-order valence-corrected chi connectivity index (χ4v) is 4.55. The van der Waals surface area contributed by atoms with Gasteiger partial charge in [-0.05, 0) is 61.1 Å². The number of hydrogen-bond donors (Lipinski definition) is 0. The highest BCUT2D eigenvalue weighted by Crippen LogP contribution is 2.52. The first-order valence-electron chi connectivity index (χ1n) is 10.2. The van der Waals surface area contributed by atoms with Gasteiger partial charge in [-0.1, -0.05) is 96.6 Å². The minimum Gasteiger partial charge on any atom is -0.358 e. The second-order valence-electron chi connectivity index (χ2n) is 8.31. The van der Waals surface area contributed by atoms with Crippen LogP contribution in [0.3, 0.4) is 0 Å². The molecule has 0 saturated carbocycles. The Morgan fingerprint density at radius 2 is 1.14 bits per heavy atom. The lowest BCUT2D eigenvalue weighted by molar-refractivity contribution is 0.00286. The van der Waals surface area contributed by atoms with E-state index >= 15 is 0 Å². The van der Waals surface area contributed by atoms with E-state index in [2.05, 4.69) is 119 Å². The lowest BCUT2D eigenvalue weighted by atomic mass is 9.81. The minimum atomic E-state index is -0.358. The molecule has 0 spiro atoms. The maximum atomic E-state index is 6.73. The molecule has 0 aromatic heterocycles. The summed E-state index contributed by atoms with van der Waals surface area (Å²) in [4.78, 5) is 0. The van der Waals surface area contributed by atoms with Gasteiger partial charge in [0, 0.05) is 0 Å². The summed E-state index contributed by atoms with van der Waals surface area (Å²) in [6.07, 6.45) is -0.105. The Morgan fingerprint density at radius 3 is 1.59 bits per heavy atom. The fraction of sp³-hybridized carbons (Fsp3) is 0.214. The molecule has 1 heterocycles. The zero-order valence-corrected chi connectivity index (χ0v) is 17.6. The van der Waals surface area contributed by atoms with E-state index in [9.17, 15) is 0 Å². The topological polar surface area (TPSA) is 9.23 Å². The average Bonchev–Trinajstić information content (AvgIpc) is 3.01. The van der Waals surface area contributed by atoms with Crippen LogP contribution in [0.15, 0.2) is 108 Å². The number of benzene rings is 3. The van der Waals surface area contributed by atoms with E-state index in [0.717, 1.165) is 0 Å². The SMILES string of the molecule is CC(C)=C1C(=C(c2ccccc2)c2ccccc2)C(c2ccccc2)OC1(C)C. The van der Waals surface area contributed by atoms with Gasteiger partial charge in [-0.15, -0.1) is 0 Å². The molecule has 0 amide bonds. The van der Waals surface area contributed by atoms with Crippen LogP contribution in [0.2, 0.25) is 0 Å². The molecule has 0 bridgehead atoms. The van der Waals surface area contributed by atoms with Gasteiger partial charge in [0.15, 0.2) is 0 Å². The third kappa shape index (κ3) is 3.71. The van der Waals surface area contributed by atoms with E-state index < -0.39 is 0 Å². The van der Waals surface area contributed by atoms with E-state index in [1.807, 2.05) is 0 Å². The Labute approximate surface area is 174 Å². The maximum absolute atomic E-state index is 6.73. The number of allylic oxidation sites excluding steroid dienone is 1. The van der Waals surface area contributed by atoms with Gasteiger partial charge in [0.25, 0.3) is 0 Å². The molecule has 0 aliphatic carbocycles. The standard InChI is InChI=1S/C28H28O/c1-20(2)26-25(27(29-28(26,3)4)23-18-12-7-13-19-23)24(21-14-8-5-9-15-21)22-16-10-6-11-17-22/h5-19,27H,1-4H3. The molecule has 146 valence electrons. The summed E-state index contributed by atoms with van der Waals surface area (Å²) >= 11 is 0. The van der Waals surface area contributed by atoms with Crippen molar-refractivity contribution in [1.82, 2.24) is 0 Å². The highest BCUT2D eigenvalue weighted by atomic mass is 16.5. The Hall–Kier alpha value is -2.90. The van der Waals surface area contributed by atoms with Gasteiger partial charge >= 0.3 is 0 Å². The Morgan fingerprint density at radius 1 is 0.690 bits per heavy atom. The summed E-state index contributed by atoms with van der Waals surface area (Å²) in [6, 6.07) is 32.0. The van der Waals surface area contributed by atoms with Gasteiger partial charge < -0.3 is 4.74 Å². The monoisotopic (exact) mass is 380 g/mol. The van der Waals surface area contributed by atoms with Crippen LogP contribution in [0, 0.1) is 0 Å². The number of rotatable bonds is 3. The molecule has 0 N–H and O–H groups in total. The molecule has 1 fully saturated rings. The molecular weight excluding hydrogens is 352 g/mol. The maximum Gasteiger partial charge on any atom is 0.110 e. The van der Waals surface area contributed by atoms with Crippen molar-refractivity contribution < 1.29 is 4.74 Å². The van der Waals surface area contributed by atoms with Gasteiger partial charge in [0.1, 0.15) is 6.10 Å². The van der Waals surface area contributed by atoms with Crippen LogP contribution < -0.4 is 0 Å². The van der Waals surface area contributed by atoms with Crippen LogP contribution >= 0.6 is 0 Å². The summed E-state index contributed by atoms with van der Waals surface area (Å²) < 4.78 is 6.73. The summed E-state index contributed by atoms with van der Waals surface area (Å²) in [5, 5.41) is 0. The molecule has 3 aromatic rings. The molecule has 1 aliphatic heterocycles. The van der Waals surface area contributed by atoms with Crippen molar-refractivity contribution in [3.8, 4) is 0 Å². The quantitative estimate of drug-likeness (QED) is 0.461. The first kappa shape index (κ1) is 19.4. The van der Waals surface area contributed by atoms with Gasteiger partial charge in [-0.2, -0.15) is 0 Å². The van der Waals surface area contributed by atoms with Crippen LogP contribution in [0.25, 0.3) is 5.57 Å². The van der Waals surface area contributed by atoms with Crippen molar-refractivity contribution in [3.05, 3.63) is 124 Å². The summed E-state index contributed by atoms with van der Waals surface area (Å²) in [5.74, 6) is 0. The van der Waals surface area contributed by atoms with Crippen LogP contribution in [-0.2, 0) is 4.74 Å². The largest absolute Gasteiger partial charge is 0.358 e. The van der Waals surface area contributed by atoms with Crippen molar-refractivity contribution in [2.75, 3.05) is 0 Å². The van der Waals surface area contributed by atoms with E-state index in [0.29, 0.717) is 0 Å². The average molecular weight is 381 g/mol. The predicted octanol–water partition coefficient (Wildman–Crippen LogP) is 7.38. The van der Waals surface area contributed by atoms with Crippen LogP contribution in [0.5, 0.6) is 0 Å². The number of hydrogen-bond acceptors (Lipinski definition) is 1. The molecule has 29 heavy (non-hydrogen) atoms.